The maximum Gasteiger partial charge on any atom is 0.287 e. The second-order valence-corrected chi connectivity index (χ2v) is 6.21. The Labute approximate surface area is 157 Å². The van der Waals surface area contributed by atoms with Gasteiger partial charge in [-0.25, -0.2) is 4.98 Å². The van der Waals surface area contributed by atoms with E-state index in [1.807, 2.05) is 13.8 Å². The zero-order chi connectivity index (χ0) is 19.4. The van der Waals surface area contributed by atoms with Gasteiger partial charge in [0, 0.05) is 17.9 Å². The van der Waals surface area contributed by atoms with Gasteiger partial charge in [-0.05, 0) is 49.7 Å². The van der Waals surface area contributed by atoms with Crippen LogP contribution in [-0.4, -0.2) is 34.4 Å². The van der Waals surface area contributed by atoms with Crippen molar-refractivity contribution in [1.29, 1.82) is 0 Å². The molecule has 0 saturated heterocycles. The van der Waals surface area contributed by atoms with Crippen molar-refractivity contribution in [2.75, 3.05) is 12.4 Å². The normalized spacial score (nSPS) is 11.8. The first kappa shape index (κ1) is 18.4. The zero-order valence-corrected chi connectivity index (χ0v) is 15.5. The Morgan fingerprint density at radius 2 is 1.89 bits per heavy atom. The van der Waals surface area contributed by atoms with Gasteiger partial charge in [0.2, 0.25) is 5.82 Å². The summed E-state index contributed by atoms with van der Waals surface area (Å²) < 4.78 is 6.74. The molecule has 0 saturated carbocycles. The van der Waals surface area contributed by atoms with E-state index in [4.69, 9.17) is 4.74 Å². The van der Waals surface area contributed by atoms with Crippen LogP contribution in [0.5, 0.6) is 5.75 Å². The molecule has 7 heteroatoms. The number of ether oxygens (including phenoxy) is 1. The highest BCUT2D eigenvalue weighted by molar-refractivity contribution is 6.09. The number of carbonyl (C=O) groups excluding carboxylic acids is 2. The minimum absolute atomic E-state index is 0.0186. The molecular formula is C20H22N4O3. The van der Waals surface area contributed by atoms with Gasteiger partial charge in [0.1, 0.15) is 5.75 Å². The van der Waals surface area contributed by atoms with Crippen LogP contribution in [0.1, 0.15) is 41.4 Å². The number of anilines is 1. The molecule has 0 aliphatic heterocycles. The molecule has 2 aromatic heterocycles. The lowest BCUT2D eigenvalue weighted by Gasteiger charge is -2.10. The molecule has 27 heavy (non-hydrogen) atoms. The molecule has 2 heterocycles. The molecule has 0 aliphatic carbocycles. The van der Waals surface area contributed by atoms with Crippen LogP contribution in [0.2, 0.25) is 0 Å². The highest BCUT2D eigenvalue weighted by Crippen LogP contribution is 2.18. The fraction of sp³-hybridized carbons (Fsp3) is 0.250. The molecule has 1 aromatic carbocycles. The molecule has 2 N–H and O–H groups in total. The van der Waals surface area contributed by atoms with Gasteiger partial charge in [0.05, 0.1) is 12.6 Å². The number of hydrogen-bond acceptors (Lipinski definition) is 4. The number of aromatic nitrogens is 2. The molecule has 0 fully saturated rings. The Kier molecular flexibility index (Phi) is 5.40. The van der Waals surface area contributed by atoms with E-state index in [1.165, 1.54) is 0 Å². The van der Waals surface area contributed by atoms with E-state index in [0.717, 1.165) is 6.42 Å². The van der Waals surface area contributed by atoms with Crippen molar-refractivity contribution >= 4 is 23.0 Å². The van der Waals surface area contributed by atoms with Crippen LogP contribution >= 0.6 is 0 Å². The topological polar surface area (TPSA) is 84.7 Å². The monoisotopic (exact) mass is 366 g/mol. The Morgan fingerprint density at radius 3 is 2.56 bits per heavy atom. The molecule has 7 nitrogen and oxygen atoms in total. The Balaban J connectivity index is 1.91. The Morgan fingerprint density at radius 1 is 1.15 bits per heavy atom. The van der Waals surface area contributed by atoms with Crippen molar-refractivity contribution in [2.45, 2.75) is 26.3 Å². The molecule has 1 unspecified atom stereocenters. The van der Waals surface area contributed by atoms with Crippen molar-refractivity contribution in [3.05, 3.63) is 60.2 Å². The van der Waals surface area contributed by atoms with E-state index in [9.17, 15) is 9.59 Å². The van der Waals surface area contributed by atoms with Gasteiger partial charge in [0.15, 0.2) is 5.69 Å². The standard InChI is InChI=1S/C20H22N4O3/c1-4-13(2)21-20(26)18-23-17(16-7-5-6-12-24(16)18)19(25)22-14-8-10-15(27-3)11-9-14/h5-13H,4H2,1-3H3,(H,21,26)(H,22,25). The van der Waals surface area contributed by atoms with Crippen molar-refractivity contribution in [2.24, 2.45) is 0 Å². The third kappa shape index (κ3) is 3.92. The van der Waals surface area contributed by atoms with E-state index in [1.54, 1.807) is 60.2 Å². The Bertz CT molecular complexity index is 963. The number of hydrogen-bond donors (Lipinski definition) is 2. The van der Waals surface area contributed by atoms with Crippen molar-refractivity contribution in [3.63, 3.8) is 0 Å². The number of nitrogens with one attached hydrogen (secondary N) is 2. The average Bonchev–Trinajstić information content (AvgIpc) is 3.08. The number of imidazole rings is 1. The van der Waals surface area contributed by atoms with Gasteiger partial charge in [0.25, 0.3) is 11.8 Å². The number of benzene rings is 1. The van der Waals surface area contributed by atoms with Crippen molar-refractivity contribution in [3.8, 4) is 5.75 Å². The lowest BCUT2D eigenvalue weighted by atomic mass is 10.2. The fourth-order valence-corrected chi connectivity index (χ4v) is 2.62. The summed E-state index contributed by atoms with van der Waals surface area (Å²) in [6.45, 7) is 3.91. The molecule has 0 radical (unpaired) electrons. The van der Waals surface area contributed by atoms with Gasteiger partial charge < -0.3 is 15.4 Å². The Hall–Kier alpha value is -3.35. The molecule has 1 atom stereocenters. The number of carbonyl (C=O) groups is 2. The first-order valence-corrected chi connectivity index (χ1v) is 8.76. The highest BCUT2D eigenvalue weighted by atomic mass is 16.5. The molecular weight excluding hydrogens is 344 g/mol. The third-order valence-corrected chi connectivity index (χ3v) is 4.30. The molecule has 3 rings (SSSR count). The van der Waals surface area contributed by atoms with Crippen LogP contribution < -0.4 is 15.4 Å². The SMILES string of the molecule is CCC(C)NC(=O)c1nc(C(=O)Nc2ccc(OC)cc2)c2ccccn12. The van der Waals surface area contributed by atoms with Crippen LogP contribution in [0.25, 0.3) is 5.52 Å². The zero-order valence-electron chi connectivity index (χ0n) is 15.5. The molecule has 0 bridgehead atoms. The van der Waals surface area contributed by atoms with Crippen molar-refractivity contribution in [1.82, 2.24) is 14.7 Å². The number of methoxy groups -OCH3 is 1. The predicted octanol–water partition coefficient (Wildman–Crippen LogP) is 3.12. The number of fused-ring (bicyclic) bond motifs is 1. The van der Waals surface area contributed by atoms with Gasteiger partial charge in [-0.15, -0.1) is 0 Å². The van der Waals surface area contributed by atoms with Gasteiger partial charge in [-0.2, -0.15) is 0 Å². The van der Waals surface area contributed by atoms with Crippen LogP contribution in [0.3, 0.4) is 0 Å². The van der Waals surface area contributed by atoms with Crippen molar-refractivity contribution < 1.29 is 14.3 Å². The van der Waals surface area contributed by atoms with E-state index >= 15 is 0 Å². The predicted molar refractivity (Wildman–Crippen MR) is 103 cm³/mol. The van der Waals surface area contributed by atoms with E-state index in [-0.39, 0.29) is 29.4 Å². The minimum atomic E-state index is -0.383. The molecule has 0 spiro atoms. The second kappa shape index (κ2) is 7.90. The molecule has 140 valence electrons. The summed E-state index contributed by atoms with van der Waals surface area (Å²) in [6, 6.07) is 12.4. The first-order chi connectivity index (χ1) is 13.0. The average molecular weight is 366 g/mol. The van der Waals surface area contributed by atoms with Crippen LogP contribution in [0.15, 0.2) is 48.7 Å². The summed E-state index contributed by atoms with van der Waals surface area (Å²) in [7, 11) is 1.58. The number of pyridine rings is 1. The minimum Gasteiger partial charge on any atom is -0.497 e. The first-order valence-electron chi connectivity index (χ1n) is 8.76. The smallest absolute Gasteiger partial charge is 0.287 e. The summed E-state index contributed by atoms with van der Waals surface area (Å²) >= 11 is 0. The van der Waals surface area contributed by atoms with E-state index < -0.39 is 0 Å². The maximum atomic E-state index is 12.7. The van der Waals surface area contributed by atoms with E-state index in [0.29, 0.717) is 17.0 Å². The maximum absolute atomic E-state index is 12.7. The fourth-order valence-electron chi connectivity index (χ4n) is 2.62. The van der Waals surface area contributed by atoms with Gasteiger partial charge in [-0.3, -0.25) is 14.0 Å². The molecule has 0 aliphatic rings. The second-order valence-electron chi connectivity index (χ2n) is 6.21. The van der Waals surface area contributed by atoms with Gasteiger partial charge >= 0.3 is 0 Å². The third-order valence-electron chi connectivity index (χ3n) is 4.30. The summed E-state index contributed by atoms with van der Waals surface area (Å²) in [5.74, 6) is 0.190. The van der Waals surface area contributed by atoms with Gasteiger partial charge in [-0.1, -0.05) is 13.0 Å². The van der Waals surface area contributed by atoms with Crippen LogP contribution in [-0.2, 0) is 0 Å². The number of nitrogens with zero attached hydrogens (tertiary/aromatic N) is 2. The summed E-state index contributed by atoms with van der Waals surface area (Å²) in [6.07, 6.45) is 2.53. The van der Waals surface area contributed by atoms with Crippen LogP contribution in [0.4, 0.5) is 5.69 Å². The largest absolute Gasteiger partial charge is 0.497 e. The number of amides is 2. The summed E-state index contributed by atoms with van der Waals surface area (Å²) in [4.78, 5) is 29.6. The van der Waals surface area contributed by atoms with Crippen LogP contribution in [0, 0.1) is 0 Å². The lowest BCUT2D eigenvalue weighted by Crippen LogP contribution is -2.33. The molecule has 2 amide bonds. The summed E-state index contributed by atoms with van der Waals surface area (Å²) in [5.41, 5.74) is 1.38. The quantitative estimate of drug-likeness (QED) is 0.702. The summed E-state index contributed by atoms with van der Waals surface area (Å²) in [5, 5.41) is 5.69. The highest BCUT2D eigenvalue weighted by Gasteiger charge is 2.22. The van der Waals surface area contributed by atoms with E-state index in [2.05, 4.69) is 15.6 Å². The lowest BCUT2D eigenvalue weighted by molar-refractivity contribution is 0.0928. The molecule has 3 aromatic rings. The number of rotatable bonds is 6.